The zero-order chi connectivity index (χ0) is 18.6. The molecular formula is C19H18N4O3S. The first-order valence-electron chi connectivity index (χ1n) is 8.43. The van der Waals surface area contributed by atoms with Gasteiger partial charge in [-0.2, -0.15) is 0 Å². The SMILES string of the molecule is Cn1c(SCC(=O)NCc2ccc3c(c2)OCO3)nnc1-c1ccccc1. The molecule has 1 N–H and O–H groups in total. The fraction of sp³-hybridized carbons (Fsp3) is 0.211. The number of thioether (sulfide) groups is 1. The fourth-order valence-electron chi connectivity index (χ4n) is 2.71. The molecule has 27 heavy (non-hydrogen) atoms. The molecular weight excluding hydrogens is 364 g/mol. The highest BCUT2D eigenvalue weighted by Crippen LogP contribution is 2.32. The Morgan fingerprint density at radius 3 is 2.81 bits per heavy atom. The molecule has 0 atom stereocenters. The van der Waals surface area contributed by atoms with E-state index >= 15 is 0 Å². The van der Waals surface area contributed by atoms with Gasteiger partial charge in [-0.05, 0) is 17.7 Å². The summed E-state index contributed by atoms with van der Waals surface area (Å²) in [6.45, 7) is 0.675. The molecule has 0 saturated carbocycles. The van der Waals surface area contributed by atoms with Crippen LogP contribution >= 0.6 is 11.8 Å². The highest BCUT2D eigenvalue weighted by molar-refractivity contribution is 7.99. The standard InChI is InChI=1S/C19H18N4O3S/c1-23-18(14-5-3-2-4-6-14)21-22-19(23)27-11-17(24)20-10-13-7-8-15-16(9-13)26-12-25-15/h2-9H,10-12H2,1H3,(H,20,24). The Balaban J connectivity index is 1.31. The number of fused-ring (bicyclic) bond motifs is 1. The summed E-state index contributed by atoms with van der Waals surface area (Å²) in [4.78, 5) is 12.2. The molecule has 138 valence electrons. The van der Waals surface area contributed by atoms with E-state index in [-0.39, 0.29) is 18.5 Å². The number of carbonyl (C=O) groups is 1. The maximum atomic E-state index is 12.2. The fourth-order valence-corrected chi connectivity index (χ4v) is 3.45. The topological polar surface area (TPSA) is 78.3 Å². The molecule has 2 aromatic carbocycles. The van der Waals surface area contributed by atoms with Crippen molar-refractivity contribution in [3.63, 3.8) is 0 Å². The number of nitrogens with one attached hydrogen (secondary N) is 1. The van der Waals surface area contributed by atoms with E-state index in [1.807, 2.05) is 60.1 Å². The largest absolute Gasteiger partial charge is 0.454 e. The van der Waals surface area contributed by atoms with Crippen LogP contribution < -0.4 is 14.8 Å². The number of rotatable bonds is 6. The van der Waals surface area contributed by atoms with Crippen LogP contribution in [0.5, 0.6) is 11.5 Å². The second-order valence-electron chi connectivity index (χ2n) is 5.98. The lowest BCUT2D eigenvalue weighted by Gasteiger charge is -2.06. The van der Waals surface area contributed by atoms with Crippen LogP contribution in [0, 0.1) is 0 Å². The molecule has 0 unspecified atom stereocenters. The van der Waals surface area contributed by atoms with E-state index < -0.39 is 0 Å². The van der Waals surface area contributed by atoms with Gasteiger partial charge in [-0.1, -0.05) is 48.2 Å². The van der Waals surface area contributed by atoms with Crippen molar-refractivity contribution >= 4 is 17.7 Å². The molecule has 0 aliphatic carbocycles. The van der Waals surface area contributed by atoms with E-state index in [9.17, 15) is 4.79 Å². The third-order valence-electron chi connectivity index (χ3n) is 4.13. The van der Waals surface area contributed by atoms with Crippen molar-refractivity contribution in [2.75, 3.05) is 12.5 Å². The van der Waals surface area contributed by atoms with Crippen molar-refractivity contribution in [3.05, 3.63) is 54.1 Å². The number of benzene rings is 2. The van der Waals surface area contributed by atoms with E-state index in [4.69, 9.17) is 9.47 Å². The van der Waals surface area contributed by atoms with Gasteiger partial charge < -0.3 is 19.4 Å². The maximum absolute atomic E-state index is 12.2. The van der Waals surface area contributed by atoms with Gasteiger partial charge in [0.05, 0.1) is 5.75 Å². The average Bonchev–Trinajstić information content (AvgIpc) is 3.31. The second kappa shape index (κ2) is 7.71. The molecule has 0 spiro atoms. The summed E-state index contributed by atoms with van der Waals surface area (Å²) in [5.74, 6) is 2.42. The number of amides is 1. The van der Waals surface area contributed by atoms with Gasteiger partial charge in [0.15, 0.2) is 22.5 Å². The van der Waals surface area contributed by atoms with Gasteiger partial charge in [-0.25, -0.2) is 0 Å². The monoisotopic (exact) mass is 382 g/mol. The molecule has 0 radical (unpaired) electrons. The normalized spacial score (nSPS) is 12.2. The Bertz CT molecular complexity index is 959. The quantitative estimate of drug-likeness (QED) is 0.661. The van der Waals surface area contributed by atoms with Crippen LogP contribution in [0.1, 0.15) is 5.56 Å². The smallest absolute Gasteiger partial charge is 0.231 e. The van der Waals surface area contributed by atoms with Crippen LogP contribution in [-0.2, 0) is 18.4 Å². The summed E-state index contributed by atoms with van der Waals surface area (Å²) in [6.07, 6.45) is 0. The lowest BCUT2D eigenvalue weighted by molar-refractivity contribution is -0.118. The predicted octanol–water partition coefficient (Wildman–Crippen LogP) is 2.62. The first kappa shape index (κ1) is 17.4. The van der Waals surface area contributed by atoms with Crippen LogP contribution in [0.15, 0.2) is 53.7 Å². The summed E-state index contributed by atoms with van der Waals surface area (Å²) >= 11 is 1.36. The van der Waals surface area contributed by atoms with Crippen molar-refractivity contribution in [2.45, 2.75) is 11.7 Å². The van der Waals surface area contributed by atoms with Gasteiger partial charge in [0.25, 0.3) is 0 Å². The minimum absolute atomic E-state index is 0.0677. The first-order valence-corrected chi connectivity index (χ1v) is 9.42. The van der Waals surface area contributed by atoms with Gasteiger partial charge >= 0.3 is 0 Å². The highest BCUT2D eigenvalue weighted by atomic mass is 32.2. The summed E-state index contributed by atoms with van der Waals surface area (Å²) in [6, 6.07) is 15.5. The maximum Gasteiger partial charge on any atom is 0.231 e. The Morgan fingerprint density at radius 1 is 1.15 bits per heavy atom. The molecule has 1 aromatic heterocycles. The Morgan fingerprint density at radius 2 is 1.96 bits per heavy atom. The second-order valence-corrected chi connectivity index (χ2v) is 6.93. The van der Waals surface area contributed by atoms with Gasteiger partial charge in [-0.15, -0.1) is 10.2 Å². The Hall–Kier alpha value is -3.00. The van der Waals surface area contributed by atoms with Gasteiger partial charge in [-0.3, -0.25) is 4.79 Å². The summed E-state index contributed by atoms with van der Waals surface area (Å²) in [5, 5.41) is 12.0. The molecule has 0 fully saturated rings. The van der Waals surface area contributed by atoms with Crippen LogP contribution in [0.3, 0.4) is 0 Å². The number of carbonyl (C=O) groups excluding carboxylic acids is 1. The van der Waals surface area contributed by atoms with E-state index in [2.05, 4.69) is 15.5 Å². The van der Waals surface area contributed by atoms with E-state index in [0.29, 0.717) is 17.5 Å². The third-order valence-corrected chi connectivity index (χ3v) is 5.15. The summed E-state index contributed by atoms with van der Waals surface area (Å²) in [5.41, 5.74) is 1.95. The van der Waals surface area contributed by atoms with Crippen molar-refractivity contribution in [1.29, 1.82) is 0 Å². The van der Waals surface area contributed by atoms with Crippen LogP contribution in [-0.4, -0.2) is 33.2 Å². The van der Waals surface area contributed by atoms with E-state index in [1.165, 1.54) is 11.8 Å². The average molecular weight is 382 g/mol. The van der Waals surface area contributed by atoms with Crippen molar-refractivity contribution in [1.82, 2.24) is 20.1 Å². The lowest BCUT2D eigenvalue weighted by atomic mass is 10.2. The molecule has 7 nitrogen and oxygen atoms in total. The van der Waals surface area contributed by atoms with Crippen LogP contribution in [0.2, 0.25) is 0 Å². The molecule has 0 saturated heterocycles. The molecule has 1 amide bonds. The number of aromatic nitrogens is 3. The van der Waals surface area contributed by atoms with Crippen molar-refractivity contribution in [3.8, 4) is 22.9 Å². The lowest BCUT2D eigenvalue weighted by Crippen LogP contribution is -2.24. The third kappa shape index (κ3) is 3.90. The minimum Gasteiger partial charge on any atom is -0.454 e. The molecule has 1 aliphatic rings. The number of nitrogens with zero attached hydrogens (tertiary/aromatic N) is 3. The molecule has 8 heteroatoms. The Labute approximate surface area is 160 Å². The minimum atomic E-state index is -0.0677. The zero-order valence-electron chi connectivity index (χ0n) is 14.7. The zero-order valence-corrected chi connectivity index (χ0v) is 15.5. The molecule has 4 rings (SSSR count). The summed E-state index contributed by atoms with van der Waals surface area (Å²) in [7, 11) is 1.90. The van der Waals surface area contributed by atoms with Crippen LogP contribution in [0.4, 0.5) is 0 Å². The molecule has 1 aliphatic heterocycles. The van der Waals surface area contributed by atoms with Gasteiger partial charge in [0.2, 0.25) is 12.7 Å². The summed E-state index contributed by atoms with van der Waals surface area (Å²) < 4.78 is 12.5. The number of ether oxygens (including phenoxy) is 2. The van der Waals surface area contributed by atoms with E-state index in [1.54, 1.807) is 0 Å². The molecule has 0 bridgehead atoms. The first-order chi connectivity index (χ1) is 13.2. The number of hydrogen-bond donors (Lipinski definition) is 1. The molecule has 2 heterocycles. The van der Waals surface area contributed by atoms with Gasteiger partial charge in [0.1, 0.15) is 0 Å². The Kier molecular flexibility index (Phi) is 4.97. The molecule has 3 aromatic rings. The van der Waals surface area contributed by atoms with Crippen LogP contribution in [0.25, 0.3) is 11.4 Å². The van der Waals surface area contributed by atoms with E-state index in [0.717, 1.165) is 22.7 Å². The van der Waals surface area contributed by atoms with Crippen molar-refractivity contribution < 1.29 is 14.3 Å². The van der Waals surface area contributed by atoms with Gasteiger partial charge in [0, 0.05) is 19.2 Å². The van der Waals surface area contributed by atoms with Crippen molar-refractivity contribution in [2.24, 2.45) is 7.05 Å². The highest BCUT2D eigenvalue weighted by Gasteiger charge is 2.15. The predicted molar refractivity (Wildman–Crippen MR) is 102 cm³/mol. The number of hydrogen-bond acceptors (Lipinski definition) is 6.